The summed E-state index contributed by atoms with van der Waals surface area (Å²) in [5, 5.41) is 6.10. The molecule has 2 atom stereocenters. The van der Waals surface area contributed by atoms with Gasteiger partial charge in [-0.2, -0.15) is 0 Å². The normalized spacial score (nSPS) is 23.2. The van der Waals surface area contributed by atoms with Crippen LogP contribution in [-0.4, -0.2) is 49.9 Å². The van der Waals surface area contributed by atoms with Gasteiger partial charge in [0.15, 0.2) is 0 Å². The Morgan fingerprint density at radius 3 is 2.63 bits per heavy atom. The summed E-state index contributed by atoms with van der Waals surface area (Å²) in [5.41, 5.74) is 0. The minimum Gasteiger partial charge on any atom is -0.354 e. The number of nitrogens with zero attached hydrogens (tertiary/aromatic N) is 1. The first-order valence-electron chi connectivity index (χ1n) is 7.12. The summed E-state index contributed by atoms with van der Waals surface area (Å²) >= 11 is 0. The fraction of sp³-hybridized carbons (Fsp3) is 0.857. The Labute approximate surface area is 116 Å². The molecule has 19 heavy (non-hydrogen) atoms. The second kappa shape index (κ2) is 7.48. The van der Waals surface area contributed by atoms with Gasteiger partial charge in [-0.3, -0.25) is 9.59 Å². The van der Waals surface area contributed by atoms with Crippen molar-refractivity contribution in [3.63, 3.8) is 0 Å². The van der Waals surface area contributed by atoms with E-state index >= 15 is 0 Å². The quantitative estimate of drug-likeness (QED) is 0.762. The second-order valence-electron chi connectivity index (χ2n) is 6.09. The monoisotopic (exact) mass is 269 g/mol. The van der Waals surface area contributed by atoms with E-state index in [-0.39, 0.29) is 24.3 Å². The van der Waals surface area contributed by atoms with Gasteiger partial charge in [0.2, 0.25) is 11.8 Å². The van der Waals surface area contributed by atoms with Crippen LogP contribution in [0.5, 0.6) is 0 Å². The predicted molar refractivity (Wildman–Crippen MR) is 75.6 cm³/mol. The number of amides is 2. The smallest absolute Gasteiger partial charge is 0.239 e. The SMILES string of the molecule is CC(C)CNC(=O)CN(C)C(=O)C1CNCC(C)C1. The Morgan fingerprint density at radius 2 is 2.05 bits per heavy atom. The summed E-state index contributed by atoms with van der Waals surface area (Å²) in [6.07, 6.45) is 0.907. The Bertz CT molecular complexity index is 318. The van der Waals surface area contributed by atoms with Crippen molar-refractivity contribution in [1.29, 1.82) is 0 Å². The molecule has 0 spiro atoms. The van der Waals surface area contributed by atoms with Crippen LogP contribution < -0.4 is 10.6 Å². The van der Waals surface area contributed by atoms with E-state index in [1.807, 2.05) is 13.8 Å². The summed E-state index contributed by atoms with van der Waals surface area (Å²) < 4.78 is 0. The van der Waals surface area contributed by atoms with Crippen LogP contribution in [0.1, 0.15) is 27.2 Å². The standard InChI is InChI=1S/C14H27N3O2/c1-10(2)6-16-13(18)9-17(4)14(19)12-5-11(3)7-15-8-12/h10-12,15H,5-9H2,1-4H3,(H,16,18). The Balaban J connectivity index is 2.37. The molecule has 1 aliphatic heterocycles. The van der Waals surface area contributed by atoms with Gasteiger partial charge >= 0.3 is 0 Å². The van der Waals surface area contributed by atoms with Crippen LogP contribution in [0.15, 0.2) is 0 Å². The summed E-state index contributed by atoms with van der Waals surface area (Å²) in [4.78, 5) is 25.5. The lowest BCUT2D eigenvalue weighted by molar-refractivity contribution is -0.138. The molecule has 1 heterocycles. The van der Waals surface area contributed by atoms with Crippen LogP contribution in [0, 0.1) is 17.8 Å². The maximum absolute atomic E-state index is 12.2. The first-order chi connectivity index (χ1) is 8.90. The third-order valence-electron chi connectivity index (χ3n) is 3.38. The van der Waals surface area contributed by atoms with Crippen molar-refractivity contribution in [2.24, 2.45) is 17.8 Å². The lowest BCUT2D eigenvalue weighted by atomic mass is 9.91. The van der Waals surface area contributed by atoms with E-state index in [4.69, 9.17) is 0 Å². The van der Waals surface area contributed by atoms with Crippen LogP contribution in [-0.2, 0) is 9.59 Å². The highest BCUT2D eigenvalue weighted by Gasteiger charge is 2.27. The van der Waals surface area contributed by atoms with E-state index in [9.17, 15) is 9.59 Å². The zero-order chi connectivity index (χ0) is 14.4. The van der Waals surface area contributed by atoms with E-state index in [1.165, 1.54) is 0 Å². The molecule has 0 radical (unpaired) electrons. The molecule has 0 aromatic carbocycles. The molecule has 0 bridgehead atoms. The molecule has 1 rings (SSSR count). The molecule has 0 aromatic rings. The minimum atomic E-state index is -0.0821. The van der Waals surface area contributed by atoms with Gasteiger partial charge in [-0.1, -0.05) is 20.8 Å². The average Bonchev–Trinajstić information content (AvgIpc) is 2.35. The van der Waals surface area contributed by atoms with E-state index < -0.39 is 0 Å². The number of hydrogen-bond donors (Lipinski definition) is 2. The molecule has 0 aromatic heterocycles. The maximum Gasteiger partial charge on any atom is 0.239 e. The highest BCUT2D eigenvalue weighted by Crippen LogP contribution is 2.17. The van der Waals surface area contributed by atoms with Gasteiger partial charge in [0, 0.05) is 20.1 Å². The molecule has 110 valence electrons. The summed E-state index contributed by atoms with van der Waals surface area (Å²) in [7, 11) is 1.70. The average molecular weight is 269 g/mol. The molecule has 2 unspecified atom stereocenters. The first kappa shape index (κ1) is 16.0. The lowest BCUT2D eigenvalue weighted by Gasteiger charge is -2.30. The zero-order valence-corrected chi connectivity index (χ0v) is 12.5. The summed E-state index contributed by atoms with van der Waals surface area (Å²) in [5.74, 6) is 0.936. The van der Waals surface area contributed by atoms with Crippen molar-refractivity contribution in [2.75, 3.05) is 33.2 Å². The molecular weight excluding hydrogens is 242 g/mol. The molecule has 1 aliphatic rings. The van der Waals surface area contributed by atoms with Gasteiger partial charge in [0.1, 0.15) is 0 Å². The molecule has 5 nitrogen and oxygen atoms in total. The van der Waals surface area contributed by atoms with Crippen LogP contribution in [0.3, 0.4) is 0 Å². The van der Waals surface area contributed by atoms with Crippen molar-refractivity contribution < 1.29 is 9.59 Å². The molecule has 1 saturated heterocycles. The largest absolute Gasteiger partial charge is 0.354 e. The fourth-order valence-electron chi connectivity index (χ4n) is 2.32. The molecule has 2 N–H and O–H groups in total. The van der Waals surface area contributed by atoms with E-state index in [0.29, 0.717) is 18.4 Å². The Morgan fingerprint density at radius 1 is 1.37 bits per heavy atom. The summed E-state index contributed by atoms with van der Waals surface area (Å²) in [6.45, 7) is 8.74. The maximum atomic E-state index is 12.2. The number of nitrogens with one attached hydrogen (secondary N) is 2. The van der Waals surface area contributed by atoms with Crippen LogP contribution in [0.2, 0.25) is 0 Å². The number of carbonyl (C=O) groups excluding carboxylic acids is 2. The molecule has 5 heteroatoms. The predicted octanol–water partition coefficient (Wildman–Crippen LogP) is 0.463. The van der Waals surface area contributed by atoms with Crippen molar-refractivity contribution in [3.05, 3.63) is 0 Å². The topological polar surface area (TPSA) is 61.4 Å². The van der Waals surface area contributed by atoms with Crippen LogP contribution in [0.25, 0.3) is 0 Å². The van der Waals surface area contributed by atoms with E-state index in [2.05, 4.69) is 17.6 Å². The van der Waals surface area contributed by atoms with Crippen LogP contribution in [0.4, 0.5) is 0 Å². The van der Waals surface area contributed by atoms with Gasteiger partial charge in [-0.25, -0.2) is 0 Å². The van der Waals surface area contributed by atoms with Crippen LogP contribution >= 0.6 is 0 Å². The first-order valence-corrected chi connectivity index (χ1v) is 7.12. The molecule has 2 amide bonds. The highest BCUT2D eigenvalue weighted by atomic mass is 16.2. The zero-order valence-electron chi connectivity index (χ0n) is 12.5. The summed E-state index contributed by atoms with van der Waals surface area (Å²) in [6, 6.07) is 0. The number of carbonyl (C=O) groups is 2. The highest BCUT2D eigenvalue weighted by molar-refractivity contribution is 5.85. The van der Waals surface area contributed by atoms with E-state index in [0.717, 1.165) is 19.5 Å². The Kier molecular flexibility index (Phi) is 6.28. The van der Waals surface area contributed by atoms with Crippen molar-refractivity contribution in [2.45, 2.75) is 27.2 Å². The van der Waals surface area contributed by atoms with Gasteiger partial charge in [0.25, 0.3) is 0 Å². The van der Waals surface area contributed by atoms with Crippen molar-refractivity contribution >= 4 is 11.8 Å². The van der Waals surface area contributed by atoms with Crippen molar-refractivity contribution in [3.8, 4) is 0 Å². The fourth-order valence-corrected chi connectivity index (χ4v) is 2.32. The number of rotatable bonds is 5. The van der Waals surface area contributed by atoms with E-state index in [1.54, 1.807) is 11.9 Å². The second-order valence-corrected chi connectivity index (χ2v) is 6.09. The molecule has 0 aliphatic carbocycles. The number of hydrogen-bond acceptors (Lipinski definition) is 3. The third kappa shape index (κ3) is 5.59. The number of likely N-dealkylation sites (N-methyl/N-ethyl adjacent to an activating group) is 1. The molecular formula is C14H27N3O2. The van der Waals surface area contributed by atoms with Crippen molar-refractivity contribution in [1.82, 2.24) is 15.5 Å². The van der Waals surface area contributed by atoms with Gasteiger partial charge in [0.05, 0.1) is 12.5 Å². The Hall–Kier alpha value is -1.10. The minimum absolute atomic E-state index is 0.00616. The van der Waals surface area contributed by atoms with Gasteiger partial charge in [-0.05, 0) is 24.8 Å². The third-order valence-corrected chi connectivity index (χ3v) is 3.38. The molecule has 1 fully saturated rings. The lowest BCUT2D eigenvalue weighted by Crippen LogP contribution is -2.46. The van der Waals surface area contributed by atoms with Gasteiger partial charge < -0.3 is 15.5 Å². The van der Waals surface area contributed by atoms with Gasteiger partial charge in [-0.15, -0.1) is 0 Å². The molecule has 0 saturated carbocycles. The number of piperidine rings is 1.